The lowest BCUT2D eigenvalue weighted by atomic mass is 10.1. The van der Waals surface area contributed by atoms with Gasteiger partial charge in [0.1, 0.15) is 0 Å². The Labute approximate surface area is 93.7 Å². The molecule has 1 rings (SSSR count). The molecule has 0 aromatic carbocycles. The summed E-state index contributed by atoms with van der Waals surface area (Å²) in [6.45, 7) is 4.70. The molecule has 1 aromatic rings. The SMILES string of the molecule is CC(=O)c1cc(C(=O)O)c(C)nc1C.Cl. The van der Waals surface area contributed by atoms with Gasteiger partial charge in [0, 0.05) is 11.3 Å². The van der Waals surface area contributed by atoms with Crippen LogP contribution in [0.4, 0.5) is 0 Å². The Morgan fingerprint density at radius 3 is 2.07 bits per heavy atom. The molecule has 0 spiro atoms. The predicted molar refractivity (Wildman–Crippen MR) is 57.9 cm³/mol. The number of pyridine rings is 1. The number of aromatic carboxylic acids is 1. The minimum atomic E-state index is -1.06. The summed E-state index contributed by atoms with van der Waals surface area (Å²) in [5.74, 6) is -1.23. The fraction of sp³-hybridized carbons (Fsp3) is 0.300. The van der Waals surface area contributed by atoms with Crippen LogP contribution in [0.2, 0.25) is 0 Å². The quantitative estimate of drug-likeness (QED) is 0.788. The van der Waals surface area contributed by atoms with Gasteiger partial charge >= 0.3 is 5.97 Å². The summed E-state index contributed by atoms with van der Waals surface area (Å²) < 4.78 is 0. The topological polar surface area (TPSA) is 67.3 Å². The predicted octanol–water partition coefficient (Wildman–Crippen LogP) is 2.02. The highest BCUT2D eigenvalue weighted by Gasteiger charge is 2.13. The third kappa shape index (κ3) is 2.76. The summed E-state index contributed by atoms with van der Waals surface area (Å²) in [5, 5.41) is 8.81. The molecule has 0 saturated heterocycles. The van der Waals surface area contributed by atoms with Gasteiger partial charge in [-0.05, 0) is 26.8 Å². The van der Waals surface area contributed by atoms with Gasteiger partial charge in [0.25, 0.3) is 0 Å². The molecule has 0 unspecified atom stereocenters. The van der Waals surface area contributed by atoms with Crippen LogP contribution in [-0.2, 0) is 0 Å². The van der Waals surface area contributed by atoms with E-state index in [0.717, 1.165) is 0 Å². The Kier molecular flexibility index (Phi) is 4.42. The smallest absolute Gasteiger partial charge is 0.337 e. The van der Waals surface area contributed by atoms with E-state index < -0.39 is 5.97 Å². The number of carbonyl (C=O) groups excluding carboxylic acids is 1. The minimum absolute atomic E-state index is 0. The molecule has 0 aliphatic carbocycles. The lowest BCUT2D eigenvalue weighted by molar-refractivity contribution is 0.0695. The molecular weight excluding hydrogens is 218 g/mol. The average molecular weight is 230 g/mol. The molecule has 0 fully saturated rings. The molecule has 15 heavy (non-hydrogen) atoms. The van der Waals surface area contributed by atoms with Crippen molar-refractivity contribution in [2.24, 2.45) is 0 Å². The number of aryl methyl sites for hydroxylation is 2. The van der Waals surface area contributed by atoms with Gasteiger partial charge < -0.3 is 5.11 Å². The van der Waals surface area contributed by atoms with Crippen molar-refractivity contribution in [2.75, 3.05) is 0 Å². The zero-order valence-electron chi connectivity index (χ0n) is 8.70. The molecule has 4 nitrogen and oxygen atoms in total. The van der Waals surface area contributed by atoms with Gasteiger partial charge in [0.15, 0.2) is 5.78 Å². The fourth-order valence-corrected chi connectivity index (χ4v) is 1.30. The number of Topliss-reactive ketones (excluding diaryl/α,β-unsaturated/α-hetero) is 1. The first kappa shape index (κ1) is 13.6. The van der Waals surface area contributed by atoms with Gasteiger partial charge in [0.05, 0.1) is 11.3 Å². The Hall–Kier alpha value is -1.42. The summed E-state index contributed by atoms with van der Waals surface area (Å²) in [6.07, 6.45) is 0. The van der Waals surface area contributed by atoms with Crippen molar-refractivity contribution in [3.63, 3.8) is 0 Å². The number of hydrogen-bond donors (Lipinski definition) is 1. The maximum Gasteiger partial charge on any atom is 0.337 e. The van der Waals surface area contributed by atoms with Crippen molar-refractivity contribution in [1.29, 1.82) is 0 Å². The third-order valence-corrected chi connectivity index (χ3v) is 2.01. The molecule has 1 heterocycles. The van der Waals surface area contributed by atoms with Gasteiger partial charge in [-0.3, -0.25) is 9.78 Å². The Balaban J connectivity index is 0.00000196. The summed E-state index contributed by atoms with van der Waals surface area (Å²) in [6, 6.07) is 1.38. The Bertz CT molecular complexity index is 380. The fourth-order valence-electron chi connectivity index (χ4n) is 1.30. The van der Waals surface area contributed by atoms with E-state index in [1.807, 2.05) is 0 Å². The second-order valence-electron chi connectivity index (χ2n) is 3.12. The second kappa shape index (κ2) is 4.89. The van der Waals surface area contributed by atoms with Crippen molar-refractivity contribution in [1.82, 2.24) is 4.98 Å². The van der Waals surface area contributed by atoms with E-state index in [4.69, 9.17) is 5.11 Å². The van der Waals surface area contributed by atoms with E-state index in [1.165, 1.54) is 13.0 Å². The van der Waals surface area contributed by atoms with Crippen LogP contribution >= 0.6 is 12.4 Å². The van der Waals surface area contributed by atoms with E-state index in [9.17, 15) is 9.59 Å². The Morgan fingerprint density at radius 2 is 1.67 bits per heavy atom. The van der Waals surface area contributed by atoms with Gasteiger partial charge in [-0.25, -0.2) is 4.79 Å². The molecule has 82 valence electrons. The molecular formula is C10H12ClNO3. The standard InChI is InChI=1S/C10H11NO3.ClH/c1-5-8(7(3)12)4-9(10(13)14)6(2)11-5;/h4H,1-3H3,(H,13,14);1H. The van der Waals surface area contributed by atoms with Crippen molar-refractivity contribution >= 4 is 24.2 Å². The molecule has 0 atom stereocenters. The summed E-state index contributed by atoms with van der Waals surface area (Å²) >= 11 is 0. The largest absolute Gasteiger partial charge is 0.478 e. The van der Waals surface area contributed by atoms with Crippen LogP contribution in [0.15, 0.2) is 6.07 Å². The van der Waals surface area contributed by atoms with Crippen LogP contribution in [0.5, 0.6) is 0 Å². The number of aromatic nitrogens is 1. The van der Waals surface area contributed by atoms with Crippen LogP contribution in [0.3, 0.4) is 0 Å². The molecule has 0 aliphatic rings. The molecule has 5 heteroatoms. The minimum Gasteiger partial charge on any atom is -0.478 e. The zero-order valence-corrected chi connectivity index (χ0v) is 9.51. The number of ketones is 1. The number of carbonyl (C=O) groups is 2. The van der Waals surface area contributed by atoms with Crippen LogP contribution in [0.1, 0.15) is 39.0 Å². The lowest BCUT2D eigenvalue weighted by Crippen LogP contribution is -2.08. The highest BCUT2D eigenvalue weighted by molar-refractivity contribution is 5.98. The summed E-state index contributed by atoms with van der Waals surface area (Å²) in [5.41, 5.74) is 1.45. The summed E-state index contributed by atoms with van der Waals surface area (Å²) in [7, 11) is 0. The normalized spacial score (nSPS) is 9.27. The maximum atomic E-state index is 11.1. The van der Waals surface area contributed by atoms with E-state index in [1.54, 1.807) is 13.8 Å². The number of nitrogens with zero attached hydrogens (tertiary/aromatic N) is 1. The molecule has 0 bridgehead atoms. The zero-order chi connectivity index (χ0) is 10.9. The van der Waals surface area contributed by atoms with Gasteiger partial charge in [-0.2, -0.15) is 0 Å². The average Bonchev–Trinajstić information content (AvgIpc) is 2.02. The number of hydrogen-bond acceptors (Lipinski definition) is 3. The molecule has 0 radical (unpaired) electrons. The monoisotopic (exact) mass is 229 g/mol. The van der Waals surface area contributed by atoms with Crippen LogP contribution in [0, 0.1) is 13.8 Å². The number of carboxylic acid groups (broad SMARTS) is 1. The van der Waals surface area contributed by atoms with Crippen molar-refractivity contribution < 1.29 is 14.7 Å². The highest BCUT2D eigenvalue weighted by Crippen LogP contribution is 2.13. The third-order valence-electron chi connectivity index (χ3n) is 2.01. The van der Waals surface area contributed by atoms with Crippen molar-refractivity contribution in [2.45, 2.75) is 20.8 Å². The number of carboxylic acids is 1. The van der Waals surface area contributed by atoms with E-state index in [2.05, 4.69) is 4.98 Å². The molecule has 0 aliphatic heterocycles. The molecule has 0 saturated carbocycles. The molecule has 1 aromatic heterocycles. The van der Waals surface area contributed by atoms with E-state index in [-0.39, 0.29) is 23.8 Å². The van der Waals surface area contributed by atoms with Crippen molar-refractivity contribution in [3.8, 4) is 0 Å². The molecule has 1 N–H and O–H groups in total. The lowest BCUT2D eigenvalue weighted by Gasteiger charge is -2.05. The van der Waals surface area contributed by atoms with Crippen LogP contribution in [-0.4, -0.2) is 21.8 Å². The van der Waals surface area contributed by atoms with Gasteiger partial charge in [0.2, 0.25) is 0 Å². The van der Waals surface area contributed by atoms with E-state index in [0.29, 0.717) is 17.0 Å². The highest BCUT2D eigenvalue weighted by atomic mass is 35.5. The van der Waals surface area contributed by atoms with Crippen LogP contribution < -0.4 is 0 Å². The Morgan fingerprint density at radius 1 is 1.20 bits per heavy atom. The van der Waals surface area contributed by atoms with Crippen molar-refractivity contribution in [3.05, 3.63) is 28.6 Å². The van der Waals surface area contributed by atoms with Gasteiger partial charge in [-0.15, -0.1) is 12.4 Å². The van der Waals surface area contributed by atoms with Crippen LogP contribution in [0.25, 0.3) is 0 Å². The first-order valence-electron chi connectivity index (χ1n) is 4.16. The first-order valence-corrected chi connectivity index (χ1v) is 4.16. The maximum absolute atomic E-state index is 11.1. The first-order chi connectivity index (χ1) is 6.43. The number of rotatable bonds is 2. The molecule has 0 amide bonds. The summed E-state index contributed by atoms with van der Waals surface area (Å²) in [4.78, 5) is 25.9. The number of halogens is 1. The van der Waals surface area contributed by atoms with E-state index >= 15 is 0 Å². The second-order valence-corrected chi connectivity index (χ2v) is 3.12. The van der Waals surface area contributed by atoms with Gasteiger partial charge in [-0.1, -0.05) is 0 Å².